The van der Waals surface area contributed by atoms with Crippen molar-refractivity contribution in [2.75, 3.05) is 6.54 Å². The van der Waals surface area contributed by atoms with E-state index >= 15 is 0 Å². The van der Waals surface area contributed by atoms with E-state index in [0.29, 0.717) is 25.8 Å². The average Bonchev–Trinajstić information content (AvgIpc) is 2.82. The third kappa shape index (κ3) is 3.17. The van der Waals surface area contributed by atoms with E-state index in [1.54, 1.807) is 12.2 Å². The van der Waals surface area contributed by atoms with E-state index in [0.717, 1.165) is 42.4 Å². The first kappa shape index (κ1) is 27.1. The molecule has 6 heteroatoms. The molecule has 0 aromatic carbocycles. The Balaban J connectivity index is 1.77. The van der Waals surface area contributed by atoms with Gasteiger partial charge >= 0.3 is 0 Å². The first-order valence-electron chi connectivity index (χ1n) is 14.2. The summed E-state index contributed by atoms with van der Waals surface area (Å²) in [5.74, 6) is -0.953. The van der Waals surface area contributed by atoms with Crippen LogP contribution < -0.4 is 5.32 Å². The maximum Gasteiger partial charge on any atom is 0.230 e. The van der Waals surface area contributed by atoms with Crippen LogP contribution in [0.4, 0.5) is 0 Å². The highest BCUT2D eigenvalue weighted by molar-refractivity contribution is 6.10. The Bertz CT molecular complexity index is 1290. The van der Waals surface area contributed by atoms with Gasteiger partial charge in [-0.3, -0.25) is 14.4 Å². The highest BCUT2D eigenvalue weighted by Gasteiger charge is 2.67. The van der Waals surface area contributed by atoms with Crippen LogP contribution in [0.3, 0.4) is 0 Å². The van der Waals surface area contributed by atoms with E-state index in [1.807, 2.05) is 19.9 Å². The molecule has 2 N–H and O–H groups in total. The van der Waals surface area contributed by atoms with Crippen LogP contribution in [0.1, 0.15) is 93.4 Å². The van der Waals surface area contributed by atoms with Crippen molar-refractivity contribution >= 4 is 17.5 Å². The van der Waals surface area contributed by atoms with Crippen molar-refractivity contribution in [1.82, 2.24) is 5.32 Å². The van der Waals surface area contributed by atoms with E-state index in [-0.39, 0.29) is 22.7 Å². The maximum absolute atomic E-state index is 14.3. The second-order valence-electron chi connectivity index (χ2n) is 14.2. The summed E-state index contributed by atoms with van der Waals surface area (Å²) >= 11 is 0. The topological polar surface area (TPSA) is 107 Å². The summed E-state index contributed by atoms with van der Waals surface area (Å²) in [6.45, 7) is 14.9. The van der Waals surface area contributed by atoms with Gasteiger partial charge in [0, 0.05) is 28.9 Å². The summed E-state index contributed by atoms with van der Waals surface area (Å²) in [6, 6.07) is 2.01. The van der Waals surface area contributed by atoms with E-state index < -0.39 is 39.0 Å². The summed E-state index contributed by atoms with van der Waals surface area (Å²) in [6.07, 6.45) is 8.64. The fourth-order valence-electron chi connectivity index (χ4n) is 9.29. The molecule has 2 unspecified atom stereocenters. The van der Waals surface area contributed by atoms with E-state index in [2.05, 4.69) is 33.0 Å². The van der Waals surface area contributed by atoms with E-state index in [9.17, 15) is 24.8 Å². The number of allylic oxidation sites excluding steroid dienone is 4. The van der Waals surface area contributed by atoms with Gasteiger partial charge in [-0.1, -0.05) is 40.7 Å². The van der Waals surface area contributed by atoms with Gasteiger partial charge in [0.05, 0.1) is 11.0 Å². The molecule has 0 heterocycles. The summed E-state index contributed by atoms with van der Waals surface area (Å²) in [7, 11) is 0. The number of carbonyl (C=O) groups excluding carboxylic acids is 3. The molecule has 5 aliphatic rings. The van der Waals surface area contributed by atoms with Gasteiger partial charge in [-0.2, -0.15) is 5.26 Å². The number of hydrogen-bond acceptors (Lipinski definition) is 5. The van der Waals surface area contributed by atoms with Gasteiger partial charge in [0.15, 0.2) is 5.78 Å². The fraction of sp³-hybridized carbons (Fsp3) is 0.688. The zero-order valence-corrected chi connectivity index (χ0v) is 24.0. The molecule has 204 valence electrons. The van der Waals surface area contributed by atoms with Crippen LogP contribution in [0.15, 0.2) is 34.4 Å². The predicted octanol–water partition coefficient (Wildman–Crippen LogP) is 5.13. The van der Waals surface area contributed by atoms with Gasteiger partial charge in [0.25, 0.3) is 0 Å². The molecule has 0 aromatic heterocycles. The molecular weight excluding hydrogens is 476 g/mol. The minimum Gasteiger partial charge on any atom is -0.382 e. The van der Waals surface area contributed by atoms with Crippen molar-refractivity contribution in [3.63, 3.8) is 0 Å². The van der Waals surface area contributed by atoms with Gasteiger partial charge < -0.3 is 10.4 Å². The quantitative estimate of drug-likeness (QED) is 0.527. The maximum atomic E-state index is 14.3. The van der Waals surface area contributed by atoms with Crippen LogP contribution >= 0.6 is 0 Å². The fourth-order valence-corrected chi connectivity index (χ4v) is 9.29. The number of ketones is 2. The van der Waals surface area contributed by atoms with Crippen LogP contribution in [-0.2, 0) is 14.4 Å². The summed E-state index contributed by atoms with van der Waals surface area (Å²) in [5, 5.41) is 24.3. The molecule has 0 radical (unpaired) electrons. The van der Waals surface area contributed by atoms with Gasteiger partial charge in [-0.25, -0.2) is 0 Å². The van der Waals surface area contributed by atoms with Gasteiger partial charge in [-0.15, -0.1) is 0 Å². The van der Waals surface area contributed by atoms with Gasteiger partial charge in [0.2, 0.25) is 11.7 Å². The zero-order chi connectivity index (χ0) is 28.1. The van der Waals surface area contributed by atoms with Crippen molar-refractivity contribution in [2.24, 2.45) is 33.0 Å². The lowest BCUT2D eigenvalue weighted by molar-refractivity contribution is -0.148. The lowest BCUT2D eigenvalue weighted by Crippen LogP contribution is -2.62. The predicted molar refractivity (Wildman–Crippen MR) is 144 cm³/mol. The Morgan fingerprint density at radius 1 is 1.05 bits per heavy atom. The molecule has 5 rings (SSSR count). The van der Waals surface area contributed by atoms with Crippen LogP contribution in [0.25, 0.3) is 0 Å². The second kappa shape index (κ2) is 8.01. The highest BCUT2D eigenvalue weighted by atomic mass is 16.3. The molecule has 5 aliphatic carbocycles. The number of Topliss-reactive ketones (excluding diaryl/α,β-unsaturated/α-hetero) is 1. The number of fused-ring (bicyclic) bond motifs is 6. The van der Waals surface area contributed by atoms with Crippen molar-refractivity contribution < 1.29 is 19.5 Å². The van der Waals surface area contributed by atoms with Gasteiger partial charge in [-0.05, 0) is 86.8 Å². The van der Waals surface area contributed by atoms with Gasteiger partial charge in [0.1, 0.15) is 11.7 Å². The molecule has 2 saturated carbocycles. The third-order valence-electron chi connectivity index (χ3n) is 11.7. The normalized spacial score (nSPS) is 43.5. The van der Waals surface area contributed by atoms with Crippen molar-refractivity contribution in [3.8, 4) is 6.07 Å². The summed E-state index contributed by atoms with van der Waals surface area (Å²) < 4.78 is 0. The molecule has 0 aliphatic heterocycles. The number of carbonyl (C=O) groups is 3. The lowest BCUT2D eigenvalue weighted by atomic mass is 9.38. The number of nitrogens with zero attached hydrogens (tertiary/aromatic N) is 1. The Hall–Kier alpha value is -2.52. The number of amides is 1. The van der Waals surface area contributed by atoms with Crippen molar-refractivity contribution in [2.45, 2.75) is 99.0 Å². The molecule has 0 bridgehead atoms. The second-order valence-corrected chi connectivity index (χ2v) is 14.2. The Morgan fingerprint density at radius 3 is 2.34 bits per heavy atom. The van der Waals surface area contributed by atoms with Crippen LogP contribution in [0.5, 0.6) is 0 Å². The molecule has 0 spiro atoms. The van der Waals surface area contributed by atoms with Crippen LogP contribution in [0, 0.1) is 44.3 Å². The Morgan fingerprint density at radius 2 is 1.71 bits per heavy atom. The molecule has 38 heavy (non-hydrogen) atoms. The minimum absolute atomic E-state index is 0.00172. The van der Waals surface area contributed by atoms with Crippen molar-refractivity contribution in [1.29, 1.82) is 5.26 Å². The smallest absolute Gasteiger partial charge is 0.230 e. The Kier molecular flexibility index (Phi) is 5.70. The molecule has 1 amide bonds. The summed E-state index contributed by atoms with van der Waals surface area (Å²) in [4.78, 5) is 41.0. The highest BCUT2D eigenvalue weighted by Crippen LogP contribution is 2.72. The standard InChI is InChI=1S/C32H42N2O4/c1-8-34-26(37)32-13-11-27(2,3)17-20(32)24-21(35)15-23-28(4)16-19(18-33)25(36)31(7,38)22(28)9-10-29(23,5)30(24,6)12-14-32/h15-16,22,38H,8-14,17H2,1-7H3,(H,34,37)/t22?,28?,29-,30-,31+,32+/m1/s1. The molecule has 0 saturated heterocycles. The molecule has 6 nitrogen and oxygen atoms in total. The molecule has 6 atom stereocenters. The number of nitrogens with one attached hydrogen (secondary N) is 1. The van der Waals surface area contributed by atoms with E-state index in [1.165, 1.54) is 6.92 Å². The Labute approximate surface area is 226 Å². The minimum atomic E-state index is -1.67. The van der Waals surface area contributed by atoms with Crippen LogP contribution in [0.2, 0.25) is 0 Å². The van der Waals surface area contributed by atoms with Crippen LogP contribution in [-0.4, -0.2) is 34.7 Å². The first-order valence-corrected chi connectivity index (χ1v) is 14.2. The monoisotopic (exact) mass is 518 g/mol. The number of aliphatic hydroxyl groups is 1. The number of hydrogen-bond donors (Lipinski definition) is 2. The van der Waals surface area contributed by atoms with Crippen molar-refractivity contribution in [3.05, 3.63) is 34.4 Å². The molecular formula is C32H42N2O4. The molecule has 0 aromatic rings. The number of nitriles is 1. The first-order chi connectivity index (χ1) is 17.5. The third-order valence-corrected chi connectivity index (χ3v) is 11.7. The zero-order valence-electron chi connectivity index (χ0n) is 24.0. The lowest BCUT2D eigenvalue weighted by Gasteiger charge is -2.65. The number of rotatable bonds is 2. The SMILES string of the molecule is CCNC(=O)[C@]12CCC(C)(C)CC1=C1C(=O)C=C3C4(C)C=C(C#N)C(=O)[C@@](C)(O)C4CC[C@@]3(C)[C@]1(C)CC2. The summed E-state index contributed by atoms with van der Waals surface area (Å²) in [5.41, 5.74) is -1.30. The average molecular weight is 519 g/mol. The molecule has 2 fully saturated rings. The largest absolute Gasteiger partial charge is 0.382 e. The van der Waals surface area contributed by atoms with E-state index in [4.69, 9.17) is 0 Å².